The Morgan fingerprint density at radius 1 is 0.556 bits per heavy atom. The van der Waals surface area contributed by atoms with Crippen molar-refractivity contribution in [2.45, 2.75) is 165 Å². The van der Waals surface area contributed by atoms with Gasteiger partial charge in [-0.2, -0.15) is 0 Å². The predicted molar refractivity (Wildman–Crippen MR) is 317 cm³/mol. The SMILES string of the molecule is CC[C@H]1C[C@@H](C(=O)NCCNC(=O)CCOCCOCCOCCOCCOCCOCCOCCOCCOCCOCCOCCOC)C[C@@H](O[C@@H]2O[C@H](CO)[C@H](O)[C@H](O[C@@H](CC3CCCCC3)C(=O)O)[C@H]2NC(C)=O)[C@@H]1O[C@@H]1O[C@@H](C)[C@@H](O)[C@@H](O)[C@@H]1O. The molecule has 9 N–H and O–H groups in total. The number of methoxy groups -OCH3 is 1. The van der Waals surface area contributed by atoms with Crippen LogP contribution in [0.15, 0.2) is 0 Å². The van der Waals surface area contributed by atoms with Gasteiger partial charge >= 0.3 is 5.97 Å². The van der Waals surface area contributed by atoms with E-state index in [1.165, 1.54) is 13.8 Å². The fourth-order valence-electron chi connectivity index (χ4n) is 10.8. The number of amides is 3. The molecule has 30 nitrogen and oxygen atoms in total. The van der Waals surface area contributed by atoms with Crippen LogP contribution in [0.5, 0.6) is 0 Å². The molecule has 0 aromatic heterocycles. The first kappa shape index (κ1) is 79.4. The molecule has 4 fully saturated rings. The zero-order valence-electron chi connectivity index (χ0n) is 53.4. The molecule has 0 spiro atoms. The Balaban J connectivity index is 1.07. The third kappa shape index (κ3) is 32.0. The smallest absolute Gasteiger partial charge is 0.332 e. The highest BCUT2D eigenvalue weighted by Crippen LogP contribution is 2.40. The first-order chi connectivity index (χ1) is 43.7. The van der Waals surface area contributed by atoms with E-state index in [2.05, 4.69) is 16.0 Å². The van der Waals surface area contributed by atoms with E-state index in [9.17, 15) is 49.8 Å². The summed E-state index contributed by atoms with van der Waals surface area (Å²) in [6.07, 6.45) is -11.1. The van der Waals surface area contributed by atoms with Crippen LogP contribution >= 0.6 is 0 Å². The van der Waals surface area contributed by atoms with Crippen LogP contribution in [0.3, 0.4) is 0 Å². The van der Waals surface area contributed by atoms with Crippen LogP contribution in [0.4, 0.5) is 0 Å². The van der Waals surface area contributed by atoms with Gasteiger partial charge in [0.1, 0.15) is 42.7 Å². The molecule has 4 aliphatic rings. The average Bonchev–Trinajstić information content (AvgIpc) is 0.989. The molecule has 2 heterocycles. The monoisotopic (exact) mass is 1300 g/mol. The van der Waals surface area contributed by atoms with Crippen LogP contribution in [0, 0.1) is 17.8 Å². The number of carbonyl (C=O) groups is 4. The fourth-order valence-corrected chi connectivity index (χ4v) is 10.8. The van der Waals surface area contributed by atoms with E-state index in [-0.39, 0.29) is 69.7 Å². The Labute approximate surface area is 529 Å². The van der Waals surface area contributed by atoms with Crippen molar-refractivity contribution in [1.29, 1.82) is 0 Å². The van der Waals surface area contributed by atoms with Crippen LogP contribution in [-0.4, -0.2) is 313 Å². The highest BCUT2D eigenvalue weighted by molar-refractivity contribution is 5.79. The van der Waals surface area contributed by atoms with Gasteiger partial charge in [0.05, 0.1) is 177 Å². The second-order valence-corrected chi connectivity index (χ2v) is 22.5. The molecule has 15 atom stereocenters. The minimum Gasteiger partial charge on any atom is -0.479 e. The van der Waals surface area contributed by atoms with E-state index in [0.29, 0.717) is 145 Å². The molecular formula is C60H109N3O27. The summed E-state index contributed by atoms with van der Waals surface area (Å²) in [4.78, 5) is 52.1. The summed E-state index contributed by atoms with van der Waals surface area (Å²) in [7, 11) is 1.63. The quantitative estimate of drug-likeness (QED) is 0.0325. The summed E-state index contributed by atoms with van der Waals surface area (Å²) in [5, 5.41) is 72.8. The summed E-state index contributed by atoms with van der Waals surface area (Å²) in [6.45, 7) is 14.0. The standard InChI is InChI=1S/C60H109N3O27/c1-5-44-38-45(39-46(55(44)90-60-54(70)53(69)51(67)41(2)86-60)88-59-50(63-42(3)65)56(52(68)48(40-64)89-59)87-47(58(72)73)37-43-9-7-6-8-10-43)57(71)62-13-12-61-49(66)11-14-75-17-18-77-21-22-79-25-26-81-29-30-83-33-34-85-36-35-84-32-31-82-28-27-80-24-23-78-20-19-76-16-15-74-4/h41,43-48,50-56,59-60,64,67-70H,5-40H2,1-4H3,(H,61,66)(H,62,71)(H,63,65)(H,72,73)/t41-,44-,45+,46+,47-,48+,50+,51+,52-,53+,54-,55+,56+,59+,60-/m0/s1. The minimum atomic E-state index is -1.69. The number of aliphatic hydroxyl groups excluding tert-OH is 5. The molecule has 0 unspecified atom stereocenters. The molecular weight excluding hydrogens is 1190 g/mol. The van der Waals surface area contributed by atoms with Gasteiger partial charge in [0.15, 0.2) is 18.7 Å². The Bertz CT molecular complexity index is 1870. The molecule has 2 saturated heterocycles. The zero-order chi connectivity index (χ0) is 65.1. The summed E-state index contributed by atoms with van der Waals surface area (Å²) in [5.74, 6) is -3.65. The van der Waals surface area contributed by atoms with Gasteiger partial charge in [0.2, 0.25) is 17.7 Å². The van der Waals surface area contributed by atoms with Crippen LogP contribution in [0.2, 0.25) is 0 Å². The van der Waals surface area contributed by atoms with Crippen molar-refractivity contribution < 1.29 is 130 Å². The number of nitrogens with one attached hydrogen (secondary N) is 3. The molecule has 3 amide bonds. The van der Waals surface area contributed by atoms with Crippen LogP contribution < -0.4 is 16.0 Å². The lowest BCUT2D eigenvalue weighted by molar-refractivity contribution is -0.338. The van der Waals surface area contributed by atoms with E-state index in [0.717, 1.165) is 32.1 Å². The molecule has 0 aromatic carbocycles. The molecule has 0 bridgehead atoms. The summed E-state index contributed by atoms with van der Waals surface area (Å²) in [6, 6.07) is -1.34. The van der Waals surface area contributed by atoms with E-state index >= 15 is 0 Å². The predicted octanol–water partition coefficient (Wildman–Crippen LogP) is -1.14. The highest BCUT2D eigenvalue weighted by Gasteiger charge is 2.53. The number of ether oxygens (including phenoxy) is 17. The number of carboxylic acids is 1. The second-order valence-electron chi connectivity index (χ2n) is 22.5. The van der Waals surface area contributed by atoms with Crippen molar-refractivity contribution in [3.05, 3.63) is 0 Å². The lowest BCUT2D eigenvalue weighted by atomic mass is 9.75. The van der Waals surface area contributed by atoms with Crippen LogP contribution in [0.1, 0.15) is 85.0 Å². The van der Waals surface area contributed by atoms with Gasteiger partial charge in [0, 0.05) is 39.5 Å². The Morgan fingerprint density at radius 2 is 1.03 bits per heavy atom. The number of rotatable bonds is 52. The topological polar surface area (TPSA) is 383 Å². The zero-order valence-corrected chi connectivity index (χ0v) is 53.4. The molecule has 2 aliphatic heterocycles. The van der Waals surface area contributed by atoms with E-state index in [1.807, 2.05) is 6.92 Å². The van der Waals surface area contributed by atoms with Gasteiger partial charge in [-0.15, -0.1) is 0 Å². The number of carboxylic acid groups (broad SMARTS) is 1. The molecule has 526 valence electrons. The van der Waals surface area contributed by atoms with Crippen molar-refractivity contribution in [1.82, 2.24) is 16.0 Å². The number of carbonyl (C=O) groups excluding carboxylic acids is 3. The molecule has 2 saturated carbocycles. The van der Waals surface area contributed by atoms with E-state index < -0.39 is 110 Å². The number of aliphatic hydroxyl groups is 5. The van der Waals surface area contributed by atoms with Gasteiger partial charge in [-0.1, -0.05) is 45.4 Å². The van der Waals surface area contributed by atoms with Gasteiger partial charge in [-0.05, 0) is 38.0 Å². The van der Waals surface area contributed by atoms with Crippen molar-refractivity contribution in [3.8, 4) is 0 Å². The lowest BCUT2D eigenvalue weighted by Gasteiger charge is -2.49. The molecule has 90 heavy (non-hydrogen) atoms. The van der Waals surface area contributed by atoms with Gasteiger partial charge in [0.25, 0.3) is 0 Å². The molecule has 0 aromatic rings. The average molecular weight is 1300 g/mol. The highest BCUT2D eigenvalue weighted by atomic mass is 16.7. The van der Waals surface area contributed by atoms with Gasteiger partial charge in [-0.3, -0.25) is 14.4 Å². The maximum absolute atomic E-state index is 14.0. The van der Waals surface area contributed by atoms with Gasteiger partial charge < -0.3 is 127 Å². The lowest BCUT2D eigenvalue weighted by Crippen LogP contribution is -2.67. The summed E-state index contributed by atoms with van der Waals surface area (Å²) in [5.41, 5.74) is 0. The van der Waals surface area contributed by atoms with E-state index in [4.69, 9.17) is 80.5 Å². The van der Waals surface area contributed by atoms with Crippen molar-refractivity contribution in [2.75, 3.05) is 179 Å². The Morgan fingerprint density at radius 3 is 1.49 bits per heavy atom. The third-order valence-corrected chi connectivity index (χ3v) is 15.7. The molecule has 0 radical (unpaired) electrons. The molecule has 30 heteroatoms. The van der Waals surface area contributed by atoms with Crippen molar-refractivity contribution >= 4 is 23.7 Å². The van der Waals surface area contributed by atoms with Crippen molar-refractivity contribution in [3.63, 3.8) is 0 Å². The number of hydrogen-bond acceptors (Lipinski definition) is 26. The maximum atomic E-state index is 14.0. The number of aliphatic carboxylic acids is 1. The molecule has 2 aliphatic carbocycles. The first-order valence-electron chi connectivity index (χ1n) is 32.2. The van der Waals surface area contributed by atoms with Gasteiger partial charge in [-0.25, -0.2) is 4.79 Å². The summed E-state index contributed by atoms with van der Waals surface area (Å²) < 4.78 is 96.5. The second kappa shape index (κ2) is 48.7. The van der Waals surface area contributed by atoms with E-state index in [1.54, 1.807) is 7.11 Å². The summed E-state index contributed by atoms with van der Waals surface area (Å²) >= 11 is 0. The fraction of sp³-hybridized carbons (Fsp3) is 0.933. The minimum absolute atomic E-state index is 0.0345. The molecule has 4 rings (SSSR count). The normalized spacial score (nSPS) is 27.7. The van der Waals surface area contributed by atoms with Crippen LogP contribution in [-0.2, 0) is 99.7 Å². The van der Waals surface area contributed by atoms with Crippen LogP contribution in [0.25, 0.3) is 0 Å². The third-order valence-electron chi connectivity index (χ3n) is 15.7. The Kier molecular flexibility index (Phi) is 43.0. The Hall–Kier alpha value is -3.00. The number of hydrogen-bond donors (Lipinski definition) is 9. The maximum Gasteiger partial charge on any atom is 0.332 e. The first-order valence-corrected chi connectivity index (χ1v) is 32.2. The van der Waals surface area contributed by atoms with Crippen molar-refractivity contribution in [2.24, 2.45) is 17.8 Å². The largest absolute Gasteiger partial charge is 0.479 e.